The molecule has 138 valence electrons. The molecule has 8 heteroatoms. The molecule has 0 spiro atoms. The van der Waals surface area contributed by atoms with Crippen LogP contribution in [-0.2, 0) is 9.84 Å². The summed E-state index contributed by atoms with van der Waals surface area (Å²) >= 11 is 0. The highest BCUT2D eigenvalue weighted by atomic mass is 32.2. The van der Waals surface area contributed by atoms with Gasteiger partial charge in [0, 0.05) is 27.5 Å². The summed E-state index contributed by atoms with van der Waals surface area (Å²) < 4.78 is 24.4. The Morgan fingerprint density at radius 2 is 1.96 bits per heavy atom. The van der Waals surface area contributed by atoms with Crippen molar-refractivity contribution in [3.63, 3.8) is 0 Å². The first-order valence-corrected chi connectivity index (χ1v) is 9.81. The van der Waals surface area contributed by atoms with Crippen molar-refractivity contribution in [2.24, 2.45) is 5.73 Å². The van der Waals surface area contributed by atoms with Gasteiger partial charge >= 0.3 is 0 Å². The van der Waals surface area contributed by atoms with Crippen molar-refractivity contribution in [1.82, 2.24) is 9.97 Å². The molecule has 0 radical (unpaired) electrons. The van der Waals surface area contributed by atoms with E-state index in [0.29, 0.717) is 28.8 Å². The molecule has 2 aromatic rings. The summed E-state index contributed by atoms with van der Waals surface area (Å²) in [6.45, 7) is 4.84. The maximum Gasteiger partial charge on any atom is 0.180 e. The second-order valence-corrected chi connectivity index (χ2v) is 9.08. The highest BCUT2D eigenvalue weighted by Crippen LogP contribution is 2.27. The number of sulfone groups is 1. The number of anilines is 2. The van der Waals surface area contributed by atoms with E-state index in [1.807, 2.05) is 4.90 Å². The van der Waals surface area contributed by atoms with Crippen LogP contribution in [0.3, 0.4) is 0 Å². The third-order valence-corrected chi connectivity index (χ3v) is 6.58. The molecule has 0 saturated carbocycles. The van der Waals surface area contributed by atoms with E-state index in [-0.39, 0.29) is 8.90 Å². The second-order valence-electron chi connectivity index (χ2n) is 6.58. The van der Waals surface area contributed by atoms with E-state index in [0.717, 1.165) is 18.5 Å². The van der Waals surface area contributed by atoms with Crippen LogP contribution in [0.5, 0.6) is 0 Å². The topological polar surface area (TPSA) is 115 Å². The molecule has 0 aliphatic carbocycles. The van der Waals surface area contributed by atoms with Gasteiger partial charge in [-0.2, -0.15) is 0 Å². The van der Waals surface area contributed by atoms with Gasteiger partial charge in [-0.25, -0.2) is 18.4 Å². The van der Waals surface area contributed by atoms with Crippen LogP contribution < -0.4 is 16.4 Å². The number of hydrogen-bond acceptors (Lipinski definition) is 7. The van der Waals surface area contributed by atoms with Crippen LogP contribution in [0.15, 0.2) is 35.4 Å². The molecule has 4 N–H and O–H groups in total. The summed E-state index contributed by atoms with van der Waals surface area (Å²) in [7, 11) is -3.29. The lowest BCUT2D eigenvalue weighted by molar-refractivity contribution is 0.587. The van der Waals surface area contributed by atoms with Crippen molar-refractivity contribution in [2.75, 3.05) is 23.7 Å². The zero-order chi connectivity index (χ0) is 18.2. The predicted octanol–water partition coefficient (Wildman–Crippen LogP) is 1.94. The molecule has 1 saturated heterocycles. The van der Waals surface area contributed by atoms with Crippen LogP contribution in [0.2, 0.25) is 0 Å². The van der Waals surface area contributed by atoms with E-state index in [4.69, 9.17) is 11.5 Å². The van der Waals surface area contributed by atoms with Gasteiger partial charge in [-0.05, 0) is 32.4 Å². The number of benzene rings is 1. The minimum atomic E-state index is -3.29. The van der Waals surface area contributed by atoms with Gasteiger partial charge in [-0.15, -0.1) is 0 Å². The molecular formula is C17H27N5O2S. The van der Waals surface area contributed by atoms with E-state index in [1.54, 1.807) is 44.3 Å². The average molecular weight is 366 g/mol. The largest absolute Gasteiger partial charge is 0.381 e. The van der Waals surface area contributed by atoms with Crippen molar-refractivity contribution in [3.05, 3.63) is 30.5 Å². The Hall–Kier alpha value is -2.19. The van der Waals surface area contributed by atoms with E-state index < -0.39 is 15.1 Å². The fraction of sp³-hybridized carbons (Fsp3) is 0.412. The van der Waals surface area contributed by atoms with Crippen molar-refractivity contribution >= 4 is 21.5 Å². The molecule has 1 aliphatic rings. The molecule has 3 rings (SSSR count). The Morgan fingerprint density at radius 3 is 2.52 bits per heavy atom. The molecule has 0 bridgehead atoms. The summed E-state index contributed by atoms with van der Waals surface area (Å²) in [6.07, 6.45) is 2.49. The van der Waals surface area contributed by atoms with Crippen LogP contribution in [0.1, 0.15) is 23.1 Å². The molecule has 1 unspecified atom stereocenters. The van der Waals surface area contributed by atoms with E-state index in [1.165, 1.54) is 0 Å². The van der Waals surface area contributed by atoms with Crippen molar-refractivity contribution in [1.29, 1.82) is 0 Å². The smallest absolute Gasteiger partial charge is 0.180 e. The van der Waals surface area contributed by atoms with Gasteiger partial charge < -0.3 is 16.4 Å². The number of nitrogens with zero attached hydrogens (tertiary/aromatic N) is 3. The molecule has 0 amide bonds. The van der Waals surface area contributed by atoms with Crippen LogP contribution in [0.4, 0.5) is 11.6 Å². The Morgan fingerprint density at radius 1 is 1.28 bits per heavy atom. The zero-order valence-corrected chi connectivity index (χ0v) is 15.2. The van der Waals surface area contributed by atoms with Gasteiger partial charge in [0.1, 0.15) is 0 Å². The highest BCUT2D eigenvalue weighted by molar-refractivity contribution is 7.92. The van der Waals surface area contributed by atoms with Gasteiger partial charge in [-0.1, -0.05) is 12.1 Å². The lowest BCUT2D eigenvalue weighted by Crippen LogP contribution is -2.27. The standard InChI is InChI=1S/C17H23N5O2S.2H2/c1-11(2)25(23,24)14-5-3-12(4-6-14)15-9-20-16(19)17(21-15)22-8-7-13(18)10-22;;/h3-6,9,11,13H,7-8,10,18H2,1-2H3,(H2,19,20);2*1H. The lowest BCUT2D eigenvalue weighted by Gasteiger charge is -2.19. The number of aromatic nitrogens is 2. The summed E-state index contributed by atoms with van der Waals surface area (Å²) in [5, 5.41) is -0.458. The first kappa shape index (κ1) is 17.6. The van der Waals surface area contributed by atoms with Crippen LogP contribution in [0, 0.1) is 0 Å². The van der Waals surface area contributed by atoms with Crippen molar-refractivity contribution < 1.29 is 11.3 Å². The summed E-state index contributed by atoms with van der Waals surface area (Å²) in [6, 6.07) is 6.82. The number of rotatable bonds is 4. The maximum absolute atomic E-state index is 12.2. The minimum Gasteiger partial charge on any atom is -0.381 e. The second kappa shape index (κ2) is 6.61. The Kier molecular flexibility index (Phi) is 4.66. The minimum absolute atomic E-state index is 0. The third-order valence-electron chi connectivity index (χ3n) is 4.40. The molecule has 1 fully saturated rings. The van der Waals surface area contributed by atoms with Crippen molar-refractivity contribution in [3.8, 4) is 11.3 Å². The van der Waals surface area contributed by atoms with Gasteiger partial charge in [-0.3, -0.25) is 0 Å². The average Bonchev–Trinajstić information content (AvgIpc) is 3.01. The Balaban J connectivity index is 0.00000182. The number of nitrogen functional groups attached to an aromatic ring is 1. The quantitative estimate of drug-likeness (QED) is 0.850. The van der Waals surface area contributed by atoms with Crippen LogP contribution >= 0.6 is 0 Å². The number of nitrogens with two attached hydrogens (primary N) is 2. The Bertz CT molecular complexity index is 875. The monoisotopic (exact) mass is 365 g/mol. The zero-order valence-electron chi connectivity index (χ0n) is 14.4. The lowest BCUT2D eigenvalue weighted by atomic mass is 10.2. The first-order valence-electron chi connectivity index (χ1n) is 8.26. The molecule has 1 aliphatic heterocycles. The summed E-state index contributed by atoms with van der Waals surface area (Å²) in [4.78, 5) is 11.2. The van der Waals surface area contributed by atoms with Gasteiger partial charge in [0.15, 0.2) is 21.5 Å². The number of hydrogen-bond donors (Lipinski definition) is 2. The Labute approximate surface area is 151 Å². The normalized spacial score (nSPS) is 18.1. The first-order chi connectivity index (χ1) is 11.8. The summed E-state index contributed by atoms with van der Waals surface area (Å²) in [5.41, 5.74) is 13.4. The third kappa shape index (κ3) is 3.45. The van der Waals surface area contributed by atoms with Gasteiger partial charge in [0.05, 0.1) is 22.0 Å². The van der Waals surface area contributed by atoms with Crippen LogP contribution in [-0.4, -0.2) is 42.8 Å². The SMILES string of the molecule is CC(C)S(=O)(=O)c1ccc(-c2cnc(N)c(N3CCC(N)C3)n2)cc1.[HH].[HH]. The molecule has 25 heavy (non-hydrogen) atoms. The molecule has 1 atom stereocenters. The fourth-order valence-corrected chi connectivity index (χ4v) is 3.89. The van der Waals surface area contributed by atoms with Crippen molar-refractivity contribution in [2.45, 2.75) is 36.5 Å². The molecular weight excluding hydrogens is 338 g/mol. The summed E-state index contributed by atoms with van der Waals surface area (Å²) in [5.74, 6) is 1.00. The van der Waals surface area contributed by atoms with E-state index >= 15 is 0 Å². The van der Waals surface area contributed by atoms with Gasteiger partial charge in [0.25, 0.3) is 0 Å². The molecule has 7 nitrogen and oxygen atoms in total. The predicted molar refractivity (Wildman–Crippen MR) is 103 cm³/mol. The van der Waals surface area contributed by atoms with Crippen LogP contribution in [0.25, 0.3) is 11.3 Å². The highest BCUT2D eigenvalue weighted by Gasteiger charge is 2.23. The van der Waals surface area contributed by atoms with E-state index in [9.17, 15) is 8.42 Å². The maximum atomic E-state index is 12.2. The fourth-order valence-electron chi connectivity index (χ4n) is 2.83. The van der Waals surface area contributed by atoms with E-state index in [2.05, 4.69) is 9.97 Å². The molecule has 2 heterocycles. The molecule has 1 aromatic heterocycles. The molecule has 1 aromatic carbocycles. The van der Waals surface area contributed by atoms with Gasteiger partial charge in [0.2, 0.25) is 0 Å².